The van der Waals surface area contributed by atoms with E-state index in [2.05, 4.69) is 29.8 Å². The van der Waals surface area contributed by atoms with Crippen LogP contribution in [-0.4, -0.2) is 10.5 Å². The Morgan fingerprint density at radius 2 is 2.00 bits per heavy atom. The third kappa shape index (κ3) is 3.30. The molecule has 1 aliphatic carbocycles. The van der Waals surface area contributed by atoms with E-state index < -0.39 is 0 Å². The first kappa shape index (κ1) is 14.6. The molecule has 2 aromatic rings. The van der Waals surface area contributed by atoms with E-state index in [9.17, 15) is 4.79 Å². The molecule has 1 aromatic carbocycles. The van der Waals surface area contributed by atoms with Crippen molar-refractivity contribution in [2.75, 3.05) is 0 Å². The largest absolute Gasteiger partial charge is 0.348 e. The van der Waals surface area contributed by atoms with Gasteiger partial charge in [-0.3, -0.25) is 4.79 Å². The molecular weight excluding hydrogens is 272 g/mol. The molecule has 1 heterocycles. The van der Waals surface area contributed by atoms with Crippen LogP contribution in [0.25, 0.3) is 6.08 Å². The van der Waals surface area contributed by atoms with Crippen molar-refractivity contribution in [3.63, 3.8) is 0 Å². The number of rotatable bonds is 5. The molecule has 1 aromatic heterocycles. The predicted molar refractivity (Wildman–Crippen MR) is 89.5 cm³/mol. The van der Waals surface area contributed by atoms with E-state index in [0.29, 0.717) is 12.6 Å². The zero-order chi connectivity index (χ0) is 15.5. The molecular formula is C19H22N2O. The van der Waals surface area contributed by atoms with Gasteiger partial charge >= 0.3 is 0 Å². The van der Waals surface area contributed by atoms with Crippen LogP contribution in [0, 0.1) is 13.8 Å². The van der Waals surface area contributed by atoms with Gasteiger partial charge in [0.25, 0.3) is 0 Å². The van der Waals surface area contributed by atoms with Crippen LogP contribution in [0.4, 0.5) is 0 Å². The number of aromatic nitrogens is 1. The molecule has 1 fully saturated rings. The van der Waals surface area contributed by atoms with Crippen LogP contribution in [-0.2, 0) is 11.3 Å². The lowest BCUT2D eigenvalue weighted by Gasteiger charge is -2.06. The van der Waals surface area contributed by atoms with Crippen LogP contribution in [0.3, 0.4) is 0 Å². The zero-order valence-corrected chi connectivity index (χ0v) is 13.2. The summed E-state index contributed by atoms with van der Waals surface area (Å²) < 4.78 is 2.39. The predicted octanol–water partition coefficient (Wildman–Crippen LogP) is 3.77. The number of carbonyl (C=O) groups excluding carboxylic acids is 1. The summed E-state index contributed by atoms with van der Waals surface area (Å²) in [6.45, 7) is 4.83. The van der Waals surface area contributed by atoms with Gasteiger partial charge < -0.3 is 9.88 Å². The maximum Gasteiger partial charge on any atom is 0.244 e. The van der Waals surface area contributed by atoms with Gasteiger partial charge in [0.2, 0.25) is 5.91 Å². The Morgan fingerprint density at radius 1 is 1.27 bits per heavy atom. The molecule has 1 amide bonds. The fraction of sp³-hybridized carbons (Fsp3) is 0.316. The lowest BCUT2D eigenvalue weighted by molar-refractivity contribution is -0.116. The van der Waals surface area contributed by atoms with Gasteiger partial charge in [0.1, 0.15) is 0 Å². The molecule has 1 aliphatic rings. The summed E-state index contributed by atoms with van der Waals surface area (Å²) in [6.07, 6.45) is 6.09. The second kappa shape index (κ2) is 6.22. The van der Waals surface area contributed by atoms with Crippen molar-refractivity contribution in [2.24, 2.45) is 0 Å². The number of hydrogen-bond donors (Lipinski definition) is 1. The first-order chi connectivity index (χ1) is 10.6. The van der Waals surface area contributed by atoms with Crippen LogP contribution in [0.15, 0.2) is 42.5 Å². The highest BCUT2D eigenvalue weighted by atomic mass is 16.1. The topological polar surface area (TPSA) is 34.0 Å². The highest BCUT2D eigenvalue weighted by Crippen LogP contribution is 2.38. The van der Waals surface area contributed by atoms with Gasteiger partial charge in [0.15, 0.2) is 0 Å². The molecule has 0 saturated heterocycles. The average Bonchev–Trinajstić information content (AvgIpc) is 3.31. The van der Waals surface area contributed by atoms with Gasteiger partial charge in [-0.2, -0.15) is 0 Å². The summed E-state index contributed by atoms with van der Waals surface area (Å²) in [5.41, 5.74) is 4.78. The Kier molecular flexibility index (Phi) is 4.14. The monoisotopic (exact) mass is 294 g/mol. The summed E-state index contributed by atoms with van der Waals surface area (Å²) in [5.74, 6) is -0.0555. The summed E-state index contributed by atoms with van der Waals surface area (Å²) in [4.78, 5) is 11.9. The Hall–Kier alpha value is -2.29. The van der Waals surface area contributed by atoms with E-state index in [4.69, 9.17) is 0 Å². The second-order valence-corrected chi connectivity index (χ2v) is 5.96. The van der Waals surface area contributed by atoms with Crippen molar-refractivity contribution in [2.45, 2.75) is 39.3 Å². The molecule has 114 valence electrons. The summed E-state index contributed by atoms with van der Waals surface area (Å²) in [6, 6.07) is 12.8. The first-order valence-corrected chi connectivity index (χ1v) is 7.83. The second-order valence-electron chi connectivity index (χ2n) is 5.96. The standard InChI is InChI=1S/C19H22N2O/c1-14-12-17(15(2)21(14)18-9-10-18)8-11-19(22)20-13-16-6-4-3-5-7-16/h3-8,11-12,18H,9-10,13H2,1-2H3,(H,20,22)/b11-8+. The van der Waals surface area contributed by atoms with Gasteiger partial charge in [0, 0.05) is 30.1 Å². The quantitative estimate of drug-likeness (QED) is 0.837. The van der Waals surface area contributed by atoms with E-state index in [1.54, 1.807) is 6.08 Å². The smallest absolute Gasteiger partial charge is 0.244 e. The van der Waals surface area contributed by atoms with Gasteiger partial charge in [-0.15, -0.1) is 0 Å². The third-order valence-corrected chi connectivity index (χ3v) is 4.16. The van der Waals surface area contributed by atoms with Gasteiger partial charge in [-0.05, 0) is 50.0 Å². The van der Waals surface area contributed by atoms with E-state index in [-0.39, 0.29) is 5.91 Å². The zero-order valence-electron chi connectivity index (χ0n) is 13.2. The van der Waals surface area contributed by atoms with Crippen LogP contribution in [0.2, 0.25) is 0 Å². The Bertz CT molecular complexity index is 694. The van der Waals surface area contributed by atoms with Crippen LogP contribution < -0.4 is 5.32 Å². The lowest BCUT2D eigenvalue weighted by Crippen LogP contribution is -2.20. The van der Waals surface area contributed by atoms with Gasteiger partial charge in [0.05, 0.1) is 0 Å². The molecule has 0 atom stereocenters. The molecule has 3 nitrogen and oxygen atoms in total. The summed E-state index contributed by atoms with van der Waals surface area (Å²) in [5, 5.41) is 2.91. The first-order valence-electron chi connectivity index (χ1n) is 7.83. The highest BCUT2D eigenvalue weighted by Gasteiger charge is 2.26. The minimum Gasteiger partial charge on any atom is -0.348 e. The molecule has 0 bridgehead atoms. The lowest BCUT2D eigenvalue weighted by atomic mass is 10.2. The number of nitrogens with one attached hydrogen (secondary N) is 1. The Morgan fingerprint density at radius 3 is 2.68 bits per heavy atom. The molecule has 22 heavy (non-hydrogen) atoms. The maximum absolute atomic E-state index is 11.9. The fourth-order valence-corrected chi connectivity index (χ4v) is 2.88. The number of carbonyl (C=O) groups is 1. The highest BCUT2D eigenvalue weighted by molar-refractivity contribution is 5.91. The summed E-state index contributed by atoms with van der Waals surface area (Å²) in [7, 11) is 0. The normalized spacial score (nSPS) is 14.5. The van der Waals surface area contributed by atoms with Crippen molar-refractivity contribution in [3.8, 4) is 0 Å². The van der Waals surface area contributed by atoms with Crippen LogP contribution in [0.5, 0.6) is 0 Å². The van der Waals surface area contributed by atoms with Crippen molar-refractivity contribution < 1.29 is 4.79 Å². The minimum atomic E-state index is -0.0555. The Labute approximate surface area is 131 Å². The van der Waals surface area contributed by atoms with Crippen molar-refractivity contribution in [1.29, 1.82) is 0 Å². The van der Waals surface area contributed by atoms with E-state index in [1.165, 1.54) is 24.2 Å². The molecule has 3 heteroatoms. The van der Waals surface area contributed by atoms with Gasteiger partial charge in [-0.25, -0.2) is 0 Å². The van der Waals surface area contributed by atoms with Crippen molar-refractivity contribution in [3.05, 3.63) is 65.0 Å². The molecule has 0 spiro atoms. The Balaban J connectivity index is 1.61. The molecule has 0 aliphatic heterocycles. The molecule has 3 rings (SSSR count). The molecule has 0 unspecified atom stereocenters. The van der Waals surface area contributed by atoms with Crippen molar-refractivity contribution >= 4 is 12.0 Å². The average molecular weight is 294 g/mol. The SMILES string of the molecule is Cc1cc(/C=C/C(=O)NCc2ccccc2)c(C)n1C1CC1. The van der Waals surface area contributed by atoms with E-state index in [1.807, 2.05) is 36.4 Å². The third-order valence-electron chi connectivity index (χ3n) is 4.16. The van der Waals surface area contributed by atoms with Crippen molar-refractivity contribution in [1.82, 2.24) is 9.88 Å². The molecule has 1 saturated carbocycles. The van der Waals surface area contributed by atoms with E-state index >= 15 is 0 Å². The number of amides is 1. The number of benzene rings is 1. The summed E-state index contributed by atoms with van der Waals surface area (Å²) >= 11 is 0. The number of aryl methyl sites for hydroxylation is 1. The van der Waals surface area contributed by atoms with Crippen LogP contribution >= 0.6 is 0 Å². The number of nitrogens with zero attached hydrogens (tertiary/aromatic N) is 1. The molecule has 0 radical (unpaired) electrons. The minimum absolute atomic E-state index is 0.0555. The van der Waals surface area contributed by atoms with E-state index in [0.717, 1.165) is 11.1 Å². The van der Waals surface area contributed by atoms with Crippen LogP contribution in [0.1, 0.15) is 41.4 Å². The van der Waals surface area contributed by atoms with Gasteiger partial charge in [-0.1, -0.05) is 30.3 Å². The fourth-order valence-electron chi connectivity index (χ4n) is 2.88. The molecule has 1 N–H and O–H groups in total. The maximum atomic E-state index is 11.9. The number of hydrogen-bond acceptors (Lipinski definition) is 1.